The highest BCUT2D eigenvalue weighted by molar-refractivity contribution is 5.42. The maximum atomic E-state index is 6.31. The number of nitrogens with two attached hydrogens (primary N) is 1. The van der Waals surface area contributed by atoms with Crippen LogP contribution in [0.2, 0.25) is 0 Å². The van der Waals surface area contributed by atoms with E-state index in [1.54, 1.807) is 11.1 Å². The van der Waals surface area contributed by atoms with Crippen molar-refractivity contribution in [3.05, 3.63) is 35.4 Å². The molecule has 2 aliphatic rings. The lowest BCUT2D eigenvalue weighted by Crippen LogP contribution is -2.33. The van der Waals surface area contributed by atoms with Crippen molar-refractivity contribution in [1.29, 1.82) is 0 Å². The summed E-state index contributed by atoms with van der Waals surface area (Å²) in [5, 5.41) is 0. The lowest BCUT2D eigenvalue weighted by atomic mass is 9.69. The number of benzene rings is 1. The van der Waals surface area contributed by atoms with Crippen LogP contribution in [0.5, 0.6) is 0 Å². The highest BCUT2D eigenvalue weighted by Crippen LogP contribution is 2.54. The molecular formula is C19H29N. The van der Waals surface area contributed by atoms with Crippen molar-refractivity contribution in [2.45, 2.75) is 76.7 Å². The maximum absolute atomic E-state index is 6.31. The topological polar surface area (TPSA) is 26.0 Å². The molecule has 1 unspecified atom stereocenters. The first-order chi connectivity index (χ1) is 9.45. The zero-order chi connectivity index (χ0) is 14.4. The Morgan fingerprint density at radius 1 is 1.05 bits per heavy atom. The van der Waals surface area contributed by atoms with E-state index in [2.05, 4.69) is 45.0 Å². The molecule has 110 valence electrons. The lowest BCUT2D eigenvalue weighted by Gasteiger charge is -2.36. The van der Waals surface area contributed by atoms with Gasteiger partial charge < -0.3 is 5.73 Å². The van der Waals surface area contributed by atoms with Gasteiger partial charge in [-0.2, -0.15) is 0 Å². The Morgan fingerprint density at radius 3 is 2.20 bits per heavy atom. The Morgan fingerprint density at radius 2 is 1.65 bits per heavy atom. The zero-order valence-electron chi connectivity index (χ0n) is 13.3. The molecule has 0 bridgehead atoms. The van der Waals surface area contributed by atoms with Gasteiger partial charge in [-0.05, 0) is 67.9 Å². The van der Waals surface area contributed by atoms with Gasteiger partial charge in [0.15, 0.2) is 0 Å². The number of rotatable bonds is 3. The maximum Gasteiger partial charge on any atom is 0.0108 e. The standard InChI is InChI=1S/C19H29N/c1-14(20)19(12-13-19)17-7-5-4-6-16(17)15-8-10-18(2,3)11-9-15/h4-7,14-15H,8-13,20H2,1-3H3. The molecule has 2 fully saturated rings. The summed E-state index contributed by atoms with van der Waals surface area (Å²) in [4.78, 5) is 0. The van der Waals surface area contributed by atoms with Crippen molar-refractivity contribution in [3.63, 3.8) is 0 Å². The van der Waals surface area contributed by atoms with E-state index < -0.39 is 0 Å². The van der Waals surface area contributed by atoms with Crippen LogP contribution >= 0.6 is 0 Å². The van der Waals surface area contributed by atoms with Gasteiger partial charge in [-0.3, -0.25) is 0 Å². The van der Waals surface area contributed by atoms with Crippen LogP contribution in [0.25, 0.3) is 0 Å². The first-order valence-electron chi connectivity index (χ1n) is 8.30. The lowest BCUT2D eigenvalue weighted by molar-refractivity contribution is 0.223. The smallest absolute Gasteiger partial charge is 0.0108 e. The fraction of sp³-hybridized carbons (Fsp3) is 0.684. The van der Waals surface area contributed by atoms with E-state index in [0.717, 1.165) is 5.92 Å². The third-order valence-corrected chi connectivity index (χ3v) is 5.94. The van der Waals surface area contributed by atoms with Gasteiger partial charge in [-0.15, -0.1) is 0 Å². The third kappa shape index (κ3) is 2.41. The SMILES string of the molecule is CC(N)C1(c2ccccc2C2CCC(C)(C)CC2)CC1. The Labute approximate surface area is 124 Å². The Kier molecular flexibility index (Phi) is 3.44. The summed E-state index contributed by atoms with van der Waals surface area (Å²) in [6.07, 6.45) is 7.96. The fourth-order valence-corrected chi connectivity index (χ4v) is 4.12. The summed E-state index contributed by atoms with van der Waals surface area (Å²) in [7, 11) is 0. The zero-order valence-corrected chi connectivity index (χ0v) is 13.3. The average molecular weight is 271 g/mol. The molecule has 1 heteroatoms. The number of hydrogen-bond acceptors (Lipinski definition) is 1. The quantitative estimate of drug-likeness (QED) is 0.843. The van der Waals surface area contributed by atoms with Gasteiger partial charge in [0.1, 0.15) is 0 Å². The van der Waals surface area contributed by atoms with Crippen molar-refractivity contribution in [2.75, 3.05) is 0 Å². The van der Waals surface area contributed by atoms with E-state index in [0.29, 0.717) is 10.8 Å². The predicted molar refractivity (Wildman–Crippen MR) is 86.0 cm³/mol. The highest BCUT2D eigenvalue weighted by atomic mass is 14.7. The van der Waals surface area contributed by atoms with E-state index >= 15 is 0 Å². The molecule has 0 radical (unpaired) electrons. The molecule has 0 aliphatic heterocycles. The van der Waals surface area contributed by atoms with Crippen LogP contribution in [-0.2, 0) is 5.41 Å². The van der Waals surface area contributed by atoms with Gasteiger partial charge in [0, 0.05) is 11.5 Å². The molecule has 0 saturated heterocycles. The van der Waals surface area contributed by atoms with E-state index in [1.165, 1.54) is 38.5 Å². The molecule has 1 aromatic carbocycles. The molecule has 0 aromatic heterocycles. The van der Waals surface area contributed by atoms with Gasteiger partial charge in [-0.25, -0.2) is 0 Å². The Hall–Kier alpha value is -0.820. The predicted octanol–water partition coefficient (Wildman–Crippen LogP) is 4.75. The van der Waals surface area contributed by atoms with Crippen LogP contribution in [0.4, 0.5) is 0 Å². The van der Waals surface area contributed by atoms with Gasteiger partial charge >= 0.3 is 0 Å². The third-order valence-electron chi connectivity index (χ3n) is 5.94. The molecule has 0 amide bonds. The van der Waals surface area contributed by atoms with Crippen molar-refractivity contribution in [3.8, 4) is 0 Å². The molecule has 2 aliphatic carbocycles. The van der Waals surface area contributed by atoms with Crippen LogP contribution in [0.3, 0.4) is 0 Å². The molecule has 2 N–H and O–H groups in total. The molecule has 0 spiro atoms. The summed E-state index contributed by atoms with van der Waals surface area (Å²) >= 11 is 0. The van der Waals surface area contributed by atoms with Crippen LogP contribution in [0.15, 0.2) is 24.3 Å². The van der Waals surface area contributed by atoms with Crippen molar-refractivity contribution in [1.82, 2.24) is 0 Å². The number of hydrogen-bond donors (Lipinski definition) is 1. The van der Waals surface area contributed by atoms with E-state index in [4.69, 9.17) is 5.73 Å². The monoisotopic (exact) mass is 271 g/mol. The minimum atomic E-state index is 0.281. The van der Waals surface area contributed by atoms with Gasteiger partial charge in [0.25, 0.3) is 0 Å². The van der Waals surface area contributed by atoms with E-state index in [-0.39, 0.29) is 6.04 Å². The summed E-state index contributed by atoms with van der Waals surface area (Å²) < 4.78 is 0. The molecule has 1 nitrogen and oxygen atoms in total. The van der Waals surface area contributed by atoms with Crippen LogP contribution in [-0.4, -0.2) is 6.04 Å². The Bertz CT molecular complexity index is 472. The summed E-state index contributed by atoms with van der Waals surface area (Å²) in [6, 6.07) is 9.43. The molecule has 1 aromatic rings. The van der Waals surface area contributed by atoms with E-state index in [9.17, 15) is 0 Å². The fourth-order valence-electron chi connectivity index (χ4n) is 4.12. The molecule has 20 heavy (non-hydrogen) atoms. The van der Waals surface area contributed by atoms with Crippen molar-refractivity contribution < 1.29 is 0 Å². The van der Waals surface area contributed by atoms with Crippen LogP contribution in [0, 0.1) is 5.41 Å². The molecule has 3 rings (SSSR count). The van der Waals surface area contributed by atoms with Crippen LogP contribution < -0.4 is 5.73 Å². The van der Waals surface area contributed by atoms with Gasteiger partial charge in [0.2, 0.25) is 0 Å². The average Bonchev–Trinajstić information content (AvgIpc) is 3.20. The summed E-state index contributed by atoms with van der Waals surface area (Å²) in [5.41, 5.74) is 10.3. The van der Waals surface area contributed by atoms with E-state index in [1.807, 2.05) is 0 Å². The molecule has 0 heterocycles. The molecular weight excluding hydrogens is 242 g/mol. The molecule has 2 saturated carbocycles. The van der Waals surface area contributed by atoms with Gasteiger partial charge in [0.05, 0.1) is 0 Å². The van der Waals surface area contributed by atoms with Crippen LogP contribution in [0.1, 0.15) is 76.3 Å². The molecule has 1 atom stereocenters. The minimum absolute atomic E-state index is 0.281. The first kappa shape index (κ1) is 14.1. The Balaban J connectivity index is 1.88. The minimum Gasteiger partial charge on any atom is -0.327 e. The second-order valence-corrected chi connectivity index (χ2v) is 7.97. The van der Waals surface area contributed by atoms with Crippen molar-refractivity contribution >= 4 is 0 Å². The normalized spacial score (nSPS) is 26.2. The largest absolute Gasteiger partial charge is 0.327 e. The second-order valence-electron chi connectivity index (χ2n) is 7.97. The highest BCUT2D eigenvalue weighted by Gasteiger charge is 2.49. The second kappa shape index (κ2) is 4.87. The summed E-state index contributed by atoms with van der Waals surface area (Å²) in [5.74, 6) is 0.760. The van der Waals surface area contributed by atoms with Crippen molar-refractivity contribution in [2.24, 2.45) is 11.1 Å². The van der Waals surface area contributed by atoms with Gasteiger partial charge in [-0.1, -0.05) is 38.1 Å². The summed E-state index contributed by atoms with van der Waals surface area (Å²) in [6.45, 7) is 7.02. The first-order valence-corrected chi connectivity index (χ1v) is 8.30.